The summed E-state index contributed by atoms with van der Waals surface area (Å²) < 4.78 is 0. The van der Waals surface area contributed by atoms with E-state index in [4.69, 9.17) is 0 Å². The van der Waals surface area contributed by atoms with Gasteiger partial charge in [-0.15, -0.1) is 0 Å². The average Bonchev–Trinajstić information content (AvgIpc) is 2.67. The Labute approximate surface area is 113 Å². The molecule has 0 saturated heterocycles. The maximum absolute atomic E-state index is 12.5. The first kappa shape index (κ1) is 12.4. The molecule has 100 valence electrons. The minimum absolute atomic E-state index is 0.0659. The lowest BCUT2D eigenvalue weighted by atomic mass is 9.77. The quantitative estimate of drug-likeness (QED) is 0.725. The number of hydrogen-bond donors (Lipinski definition) is 0. The third-order valence-corrected chi connectivity index (χ3v) is 4.82. The van der Waals surface area contributed by atoms with Gasteiger partial charge in [0.2, 0.25) is 0 Å². The molecule has 19 heavy (non-hydrogen) atoms. The summed E-state index contributed by atoms with van der Waals surface area (Å²) in [7, 11) is 0. The second kappa shape index (κ2) is 4.48. The zero-order valence-electron chi connectivity index (χ0n) is 11.4. The van der Waals surface area contributed by atoms with Crippen LogP contribution in [-0.2, 0) is 0 Å². The summed E-state index contributed by atoms with van der Waals surface area (Å²) in [4.78, 5) is 26.4. The number of imide groups is 1. The van der Waals surface area contributed by atoms with Crippen LogP contribution in [0.15, 0.2) is 24.3 Å². The monoisotopic (exact) mass is 257 g/mol. The van der Waals surface area contributed by atoms with Crippen LogP contribution in [0.4, 0.5) is 0 Å². The zero-order valence-corrected chi connectivity index (χ0v) is 11.4. The first-order chi connectivity index (χ1) is 9.11. The van der Waals surface area contributed by atoms with Gasteiger partial charge >= 0.3 is 0 Å². The normalized spacial score (nSPS) is 30.6. The van der Waals surface area contributed by atoms with Gasteiger partial charge in [-0.1, -0.05) is 38.8 Å². The van der Waals surface area contributed by atoms with E-state index in [0.717, 1.165) is 12.8 Å². The summed E-state index contributed by atoms with van der Waals surface area (Å²) in [6.45, 7) is 4.38. The first-order valence-electron chi connectivity index (χ1n) is 7.08. The molecule has 0 bridgehead atoms. The van der Waals surface area contributed by atoms with Crippen LogP contribution < -0.4 is 0 Å². The molecule has 3 atom stereocenters. The lowest BCUT2D eigenvalue weighted by Gasteiger charge is -2.38. The van der Waals surface area contributed by atoms with Crippen molar-refractivity contribution in [2.24, 2.45) is 11.8 Å². The van der Waals surface area contributed by atoms with E-state index in [9.17, 15) is 9.59 Å². The topological polar surface area (TPSA) is 37.4 Å². The molecular formula is C16H19NO2. The summed E-state index contributed by atoms with van der Waals surface area (Å²) in [6.07, 6.45) is 3.24. The SMILES string of the molecule is C[C@@H]1[C@H](C)CCC[C@H]1N1C(=O)c2ccccc2C1=O. The highest BCUT2D eigenvalue weighted by molar-refractivity contribution is 6.21. The highest BCUT2D eigenvalue weighted by Crippen LogP contribution is 2.36. The highest BCUT2D eigenvalue weighted by atomic mass is 16.2. The molecule has 1 fully saturated rings. The number of nitrogens with zero attached hydrogens (tertiary/aromatic N) is 1. The van der Waals surface area contributed by atoms with Crippen LogP contribution in [-0.4, -0.2) is 22.8 Å². The second-order valence-electron chi connectivity index (χ2n) is 5.86. The number of carbonyl (C=O) groups is 2. The van der Waals surface area contributed by atoms with Gasteiger partial charge < -0.3 is 0 Å². The number of hydrogen-bond acceptors (Lipinski definition) is 2. The smallest absolute Gasteiger partial charge is 0.261 e. The maximum Gasteiger partial charge on any atom is 0.261 e. The molecule has 1 heterocycles. The van der Waals surface area contributed by atoms with Crippen molar-refractivity contribution in [1.82, 2.24) is 4.90 Å². The fourth-order valence-electron chi connectivity index (χ4n) is 3.43. The minimum atomic E-state index is -0.105. The zero-order chi connectivity index (χ0) is 13.6. The lowest BCUT2D eigenvalue weighted by Crippen LogP contribution is -2.47. The molecule has 3 nitrogen and oxygen atoms in total. The van der Waals surface area contributed by atoms with Crippen LogP contribution in [0.2, 0.25) is 0 Å². The molecule has 2 aliphatic rings. The van der Waals surface area contributed by atoms with Crippen molar-refractivity contribution in [2.45, 2.75) is 39.2 Å². The minimum Gasteiger partial charge on any atom is -0.271 e. The number of carbonyl (C=O) groups excluding carboxylic acids is 2. The molecule has 1 aromatic carbocycles. The number of fused-ring (bicyclic) bond motifs is 1. The molecule has 1 aromatic rings. The van der Waals surface area contributed by atoms with Crippen molar-refractivity contribution < 1.29 is 9.59 Å². The van der Waals surface area contributed by atoms with E-state index in [2.05, 4.69) is 13.8 Å². The molecule has 0 spiro atoms. The number of benzene rings is 1. The Morgan fingerprint density at radius 2 is 1.58 bits per heavy atom. The summed E-state index contributed by atoms with van der Waals surface area (Å²) in [5.41, 5.74) is 1.14. The molecule has 0 radical (unpaired) electrons. The van der Waals surface area contributed by atoms with Gasteiger partial charge in [0.15, 0.2) is 0 Å². The summed E-state index contributed by atoms with van der Waals surface area (Å²) >= 11 is 0. The predicted octanol–water partition coefficient (Wildman–Crippen LogP) is 3.11. The van der Waals surface area contributed by atoms with Gasteiger partial charge in [-0.3, -0.25) is 14.5 Å². The molecule has 3 heteroatoms. The van der Waals surface area contributed by atoms with Crippen LogP contribution in [0, 0.1) is 11.8 Å². The van der Waals surface area contributed by atoms with Crippen molar-refractivity contribution in [3.63, 3.8) is 0 Å². The van der Waals surface area contributed by atoms with Gasteiger partial charge in [0.1, 0.15) is 0 Å². The lowest BCUT2D eigenvalue weighted by molar-refractivity contribution is 0.0430. The Hall–Kier alpha value is -1.64. The van der Waals surface area contributed by atoms with Gasteiger partial charge in [0, 0.05) is 6.04 Å². The van der Waals surface area contributed by atoms with Gasteiger partial charge in [0.05, 0.1) is 11.1 Å². The Kier molecular flexibility index (Phi) is 2.92. The van der Waals surface area contributed by atoms with Crippen molar-refractivity contribution in [3.05, 3.63) is 35.4 Å². The second-order valence-corrected chi connectivity index (χ2v) is 5.86. The van der Waals surface area contributed by atoms with E-state index in [-0.39, 0.29) is 17.9 Å². The van der Waals surface area contributed by atoms with Crippen LogP contribution in [0.1, 0.15) is 53.8 Å². The Bertz CT molecular complexity index is 502. The van der Waals surface area contributed by atoms with E-state index in [1.54, 1.807) is 12.1 Å². The number of amides is 2. The molecule has 0 N–H and O–H groups in total. The molecule has 2 amide bonds. The van der Waals surface area contributed by atoms with Crippen molar-refractivity contribution in [2.75, 3.05) is 0 Å². The molecular weight excluding hydrogens is 238 g/mol. The summed E-state index contributed by atoms with van der Waals surface area (Å²) in [5, 5.41) is 0. The fourth-order valence-corrected chi connectivity index (χ4v) is 3.43. The van der Waals surface area contributed by atoms with Crippen molar-refractivity contribution >= 4 is 11.8 Å². The van der Waals surface area contributed by atoms with Gasteiger partial charge in [-0.2, -0.15) is 0 Å². The van der Waals surface area contributed by atoms with Crippen molar-refractivity contribution in [3.8, 4) is 0 Å². The Balaban J connectivity index is 1.95. The first-order valence-corrected chi connectivity index (χ1v) is 7.08. The third kappa shape index (κ3) is 1.79. The number of rotatable bonds is 1. The Morgan fingerprint density at radius 1 is 1.00 bits per heavy atom. The van der Waals surface area contributed by atoms with Crippen LogP contribution >= 0.6 is 0 Å². The predicted molar refractivity (Wildman–Crippen MR) is 72.9 cm³/mol. The van der Waals surface area contributed by atoms with Crippen molar-refractivity contribution in [1.29, 1.82) is 0 Å². The molecule has 1 aliphatic carbocycles. The van der Waals surface area contributed by atoms with Gasteiger partial charge in [-0.05, 0) is 30.4 Å². The fraction of sp³-hybridized carbons (Fsp3) is 0.500. The van der Waals surface area contributed by atoms with E-state index >= 15 is 0 Å². The van der Waals surface area contributed by atoms with Crippen LogP contribution in [0.3, 0.4) is 0 Å². The van der Waals surface area contributed by atoms with E-state index in [1.807, 2.05) is 12.1 Å². The standard InChI is InChI=1S/C16H19NO2/c1-10-6-5-9-14(11(10)2)17-15(18)12-7-3-4-8-13(12)16(17)19/h3-4,7-8,10-11,14H,5-6,9H2,1-2H3/t10-,11-,14-/m1/s1. The molecule has 1 saturated carbocycles. The molecule has 0 unspecified atom stereocenters. The van der Waals surface area contributed by atoms with E-state index in [0.29, 0.717) is 23.0 Å². The van der Waals surface area contributed by atoms with Gasteiger partial charge in [-0.25, -0.2) is 0 Å². The largest absolute Gasteiger partial charge is 0.271 e. The molecule has 1 aliphatic heterocycles. The van der Waals surface area contributed by atoms with E-state index in [1.165, 1.54) is 11.3 Å². The Morgan fingerprint density at radius 3 is 2.16 bits per heavy atom. The summed E-state index contributed by atoms with van der Waals surface area (Å²) in [6, 6.07) is 7.22. The summed E-state index contributed by atoms with van der Waals surface area (Å²) in [5.74, 6) is 0.747. The highest BCUT2D eigenvalue weighted by Gasteiger charge is 2.43. The van der Waals surface area contributed by atoms with Gasteiger partial charge in [0.25, 0.3) is 11.8 Å². The molecule has 3 rings (SSSR count). The average molecular weight is 257 g/mol. The van der Waals surface area contributed by atoms with Crippen LogP contribution in [0.5, 0.6) is 0 Å². The third-order valence-electron chi connectivity index (χ3n) is 4.82. The maximum atomic E-state index is 12.5. The molecule has 0 aromatic heterocycles. The van der Waals surface area contributed by atoms with Crippen LogP contribution in [0.25, 0.3) is 0 Å². The van der Waals surface area contributed by atoms with E-state index < -0.39 is 0 Å².